The second-order valence-electron chi connectivity index (χ2n) is 4.58. The molecule has 0 atom stereocenters. The Balaban J connectivity index is 1.69. The number of rotatable bonds is 6. The van der Waals surface area contributed by atoms with Crippen molar-refractivity contribution in [2.45, 2.75) is 6.92 Å². The fraction of sp³-hybridized carbons (Fsp3) is 0.167. The van der Waals surface area contributed by atoms with Gasteiger partial charge in [0.25, 0.3) is 0 Å². The van der Waals surface area contributed by atoms with Gasteiger partial charge in [0, 0.05) is 6.08 Å². The predicted molar refractivity (Wildman–Crippen MR) is 83.1 cm³/mol. The van der Waals surface area contributed by atoms with Crippen LogP contribution in [0.1, 0.15) is 11.1 Å². The summed E-state index contributed by atoms with van der Waals surface area (Å²) >= 11 is 0. The molecule has 108 valence electrons. The second kappa shape index (κ2) is 7.90. The Morgan fingerprint density at radius 1 is 1.05 bits per heavy atom. The Morgan fingerprint density at radius 3 is 2.62 bits per heavy atom. The van der Waals surface area contributed by atoms with Gasteiger partial charge < -0.3 is 9.47 Å². The monoisotopic (exact) mass is 282 g/mol. The molecule has 0 amide bonds. The molecule has 0 N–H and O–H groups in total. The van der Waals surface area contributed by atoms with Crippen molar-refractivity contribution in [1.82, 2.24) is 0 Å². The molecule has 0 heterocycles. The Hall–Kier alpha value is -2.55. The highest BCUT2D eigenvalue weighted by atomic mass is 16.6. The Labute approximate surface area is 124 Å². The summed E-state index contributed by atoms with van der Waals surface area (Å²) in [5.41, 5.74) is 2.10. The van der Waals surface area contributed by atoms with E-state index in [0.29, 0.717) is 6.61 Å². The molecule has 3 nitrogen and oxygen atoms in total. The number of aryl methyl sites for hydroxylation is 1. The average molecular weight is 282 g/mol. The first-order chi connectivity index (χ1) is 10.2. The lowest BCUT2D eigenvalue weighted by Gasteiger charge is -2.06. The van der Waals surface area contributed by atoms with E-state index < -0.39 is 0 Å². The van der Waals surface area contributed by atoms with Crippen LogP contribution in [-0.4, -0.2) is 19.2 Å². The van der Waals surface area contributed by atoms with Crippen molar-refractivity contribution in [1.29, 1.82) is 0 Å². The lowest BCUT2D eigenvalue weighted by molar-refractivity contribution is -0.138. The summed E-state index contributed by atoms with van der Waals surface area (Å²) in [4.78, 5) is 11.5. The smallest absolute Gasteiger partial charge is 0.330 e. The van der Waals surface area contributed by atoms with E-state index in [1.807, 2.05) is 61.5 Å². The molecule has 0 saturated heterocycles. The summed E-state index contributed by atoms with van der Waals surface area (Å²) in [6.07, 6.45) is 3.14. The minimum atomic E-state index is -0.369. The number of esters is 1. The molecule has 0 fully saturated rings. The van der Waals surface area contributed by atoms with Crippen molar-refractivity contribution in [3.63, 3.8) is 0 Å². The third-order valence-electron chi connectivity index (χ3n) is 2.80. The number of hydrogen-bond acceptors (Lipinski definition) is 3. The van der Waals surface area contributed by atoms with Gasteiger partial charge in [0.05, 0.1) is 0 Å². The summed E-state index contributed by atoms with van der Waals surface area (Å²) < 4.78 is 10.6. The molecular weight excluding hydrogens is 264 g/mol. The van der Waals surface area contributed by atoms with Crippen LogP contribution in [0, 0.1) is 6.92 Å². The molecule has 0 unspecified atom stereocenters. The average Bonchev–Trinajstić information content (AvgIpc) is 2.51. The first-order valence-corrected chi connectivity index (χ1v) is 6.83. The van der Waals surface area contributed by atoms with E-state index in [-0.39, 0.29) is 12.6 Å². The van der Waals surface area contributed by atoms with Gasteiger partial charge in [-0.05, 0) is 36.3 Å². The van der Waals surface area contributed by atoms with E-state index in [1.54, 1.807) is 6.08 Å². The van der Waals surface area contributed by atoms with Gasteiger partial charge in [0.1, 0.15) is 19.0 Å². The molecule has 0 aromatic heterocycles. The maximum absolute atomic E-state index is 11.5. The van der Waals surface area contributed by atoms with Gasteiger partial charge in [-0.1, -0.05) is 42.5 Å². The first-order valence-electron chi connectivity index (χ1n) is 6.83. The van der Waals surface area contributed by atoms with Crippen molar-refractivity contribution in [3.05, 3.63) is 71.8 Å². The van der Waals surface area contributed by atoms with Crippen LogP contribution in [0.25, 0.3) is 6.08 Å². The van der Waals surface area contributed by atoms with Gasteiger partial charge in [0.15, 0.2) is 0 Å². The van der Waals surface area contributed by atoms with Crippen LogP contribution in [0.15, 0.2) is 60.7 Å². The third kappa shape index (κ3) is 5.53. The highest BCUT2D eigenvalue weighted by molar-refractivity contribution is 5.86. The van der Waals surface area contributed by atoms with Gasteiger partial charge in [-0.25, -0.2) is 4.79 Å². The normalized spacial score (nSPS) is 10.5. The topological polar surface area (TPSA) is 35.5 Å². The second-order valence-corrected chi connectivity index (χ2v) is 4.58. The number of hydrogen-bond donors (Lipinski definition) is 0. The molecule has 0 aliphatic heterocycles. The molecule has 0 spiro atoms. The SMILES string of the molecule is Cc1cccc(OCCOC(=O)/C=C/c2ccccc2)c1. The molecule has 0 aliphatic carbocycles. The standard InChI is InChI=1S/C18H18O3/c1-15-6-5-9-17(14-15)20-12-13-21-18(19)11-10-16-7-3-2-4-8-16/h2-11,14H,12-13H2,1H3/b11-10+. The van der Waals surface area contributed by atoms with Crippen LogP contribution >= 0.6 is 0 Å². The Kier molecular flexibility index (Phi) is 5.59. The molecule has 0 aliphatic rings. The minimum absolute atomic E-state index is 0.228. The van der Waals surface area contributed by atoms with Gasteiger partial charge in [-0.3, -0.25) is 0 Å². The molecule has 21 heavy (non-hydrogen) atoms. The van der Waals surface area contributed by atoms with Crippen LogP contribution < -0.4 is 4.74 Å². The number of carbonyl (C=O) groups is 1. The highest BCUT2D eigenvalue weighted by Gasteiger charge is 1.98. The van der Waals surface area contributed by atoms with Crippen molar-refractivity contribution >= 4 is 12.0 Å². The molecule has 3 heteroatoms. The van der Waals surface area contributed by atoms with E-state index in [1.165, 1.54) is 6.08 Å². The fourth-order valence-corrected chi connectivity index (χ4v) is 1.78. The number of carbonyl (C=O) groups excluding carboxylic acids is 1. The molecule has 2 aromatic carbocycles. The molecule has 0 saturated carbocycles. The van der Waals surface area contributed by atoms with Crippen LogP contribution in [-0.2, 0) is 9.53 Å². The van der Waals surface area contributed by atoms with Crippen molar-refractivity contribution in [2.75, 3.05) is 13.2 Å². The van der Waals surface area contributed by atoms with Gasteiger partial charge in [0.2, 0.25) is 0 Å². The van der Waals surface area contributed by atoms with E-state index in [0.717, 1.165) is 16.9 Å². The van der Waals surface area contributed by atoms with Crippen LogP contribution in [0.5, 0.6) is 5.75 Å². The first kappa shape index (κ1) is 14.9. The van der Waals surface area contributed by atoms with Gasteiger partial charge >= 0.3 is 5.97 Å². The maximum atomic E-state index is 11.5. The molecule has 0 bridgehead atoms. The van der Waals surface area contributed by atoms with Crippen LogP contribution in [0.2, 0.25) is 0 Å². The summed E-state index contributed by atoms with van der Waals surface area (Å²) in [6.45, 7) is 2.57. The summed E-state index contributed by atoms with van der Waals surface area (Å²) in [7, 11) is 0. The van der Waals surface area contributed by atoms with E-state index in [9.17, 15) is 4.79 Å². The lowest BCUT2D eigenvalue weighted by atomic mass is 10.2. The highest BCUT2D eigenvalue weighted by Crippen LogP contribution is 2.11. The summed E-state index contributed by atoms with van der Waals surface area (Å²) in [5.74, 6) is 0.414. The number of ether oxygens (including phenoxy) is 2. The quantitative estimate of drug-likeness (QED) is 0.461. The van der Waals surface area contributed by atoms with Gasteiger partial charge in [-0.15, -0.1) is 0 Å². The zero-order valence-corrected chi connectivity index (χ0v) is 12.0. The van der Waals surface area contributed by atoms with Crippen LogP contribution in [0.4, 0.5) is 0 Å². The Bertz CT molecular complexity index is 603. The zero-order chi connectivity index (χ0) is 14.9. The summed E-state index contributed by atoms with van der Waals surface area (Å²) in [5, 5.41) is 0. The van der Waals surface area contributed by atoms with E-state index in [4.69, 9.17) is 9.47 Å². The molecule has 2 rings (SSSR count). The number of benzene rings is 2. The van der Waals surface area contributed by atoms with Gasteiger partial charge in [-0.2, -0.15) is 0 Å². The van der Waals surface area contributed by atoms with E-state index >= 15 is 0 Å². The van der Waals surface area contributed by atoms with E-state index in [2.05, 4.69) is 0 Å². The third-order valence-corrected chi connectivity index (χ3v) is 2.80. The maximum Gasteiger partial charge on any atom is 0.330 e. The minimum Gasteiger partial charge on any atom is -0.490 e. The van der Waals surface area contributed by atoms with Crippen molar-refractivity contribution in [2.24, 2.45) is 0 Å². The molecule has 0 radical (unpaired) electrons. The zero-order valence-electron chi connectivity index (χ0n) is 12.0. The Morgan fingerprint density at radius 2 is 1.86 bits per heavy atom. The van der Waals surface area contributed by atoms with Crippen LogP contribution in [0.3, 0.4) is 0 Å². The fourth-order valence-electron chi connectivity index (χ4n) is 1.78. The molecule has 2 aromatic rings. The lowest BCUT2D eigenvalue weighted by Crippen LogP contribution is -2.10. The summed E-state index contributed by atoms with van der Waals surface area (Å²) in [6, 6.07) is 17.4. The van der Waals surface area contributed by atoms with Crippen molar-refractivity contribution < 1.29 is 14.3 Å². The largest absolute Gasteiger partial charge is 0.490 e. The predicted octanol–water partition coefficient (Wildman–Crippen LogP) is 3.63. The van der Waals surface area contributed by atoms with Crippen molar-refractivity contribution in [3.8, 4) is 5.75 Å². The molecular formula is C18H18O3.